The van der Waals surface area contributed by atoms with Crippen molar-refractivity contribution in [3.8, 4) is 0 Å². The van der Waals surface area contributed by atoms with Crippen molar-refractivity contribution in [2.75, 3.05) is 13.1 Å². The first kappa shape index (κ1) is 20.0. The lowest BCUT2D eigenvalue weighted by Crippen LogP contribution is -2.48. The third-order valence-electron chi connectivity index (χ3n) is 4.93. The van der Waals surface area contributed by atoms with Crippen LogP contribution < -0.4 is 0 Å². The first-order chi connectivity index (χ1) is 12.7. The summed E-state index contributed by atoms with van der Waals surface area (Å²) < 4.78 is 5.48. The minimum atomic E-state index is -0.527. The summed E-state index contributed by atoms with van der Waals surface area (Å²) in [4.78, 5) is 29.3. The van der Waals surface area contributed by atoms with Crippen LogP contribution in [-0.4, -0.2) is 46.5 Å². The summed E-state index contributed by atoms with van der Waals surface area (Å²) in [5.41, 5.74) is 0.517. The molecule has 0 radical (unpaired) electrons. The number of piperidine rings is 1. The second kappa shape index (κ2) is 8.09. The van der Waals surface area contributed by atoms with E-state index in [1.54, 1.807) is 4.90 Å². The molecule has 2 amide bonds. The average molecular weight is 393 g/mol. The highest BCUT2D eigenvalue weighted by molar-refractivity contribution is 6.30. The molecule has 1 unspecified atom stereocenters. The number of carbonyl (C=O) groups is 2. The van der Waals surface area contributed by atoms with Crippen LogP contribution in [0.1, 0.15) is 52.0 Å². The van der Waals surface area contributed by atoms with Crippen LogP contribution in [0, 0.1) is 5.92 Å². The highest BCUT2D eigenvalue weighted by atomic mass is 35.5. The number of likely N-dealkylation sites (tertiary alicyclic amines) is 1. The molecule has 1 aromatic carbocycles. The maximum atomic E-state index is 13.2. The summed E-state index contributed by atoms with van der Waals surface area (Å²) in [6.07, 6.45) is 3.42. The van der Waals surface area contributed by atoms with Crippen LogP contribution in [0.5, 0.6) is 0 Å². The molecule has 2 aliphatic rings. The molecule has 1 heterocycles. The summed E-state index contributed by atoms with van der Waals surface area (Å²) in [7, 11) is 0. The van der Waals surface area contributed by atoms with Crippen molar-refractivity contribution in [2.45, 2.75) is 64.6 Å². The fraction of sp³-hybridized carbons (Fsp3) is 0.619. The van der Waals surface area contributed by atoms with Gasteiger partial charge >= 0.3 is 6.09 Å². The minimum absolute atomic E-state index is 0.144. The van der Waals surface area contributed by atoms with Crippen molar-refractivity contribution < 1.29 is 14.3 Å². The molecule has 148 valence electrons. The second-order valence-electron chi connectivity index (χ2n) is 8.59. The Kier molecular flexibility index (Phi) is 5.99. The Balaban J connectivity index is 1.66. The summed E-state index contributed by atoms with van der Waals surface area (Å²) in [6.45, 7) is 7.24. The number of halogens is 1. The van der Waals surface area contributed by atoms with Gasteiger partial charge in [0.1, 0.15) is 5.60 Å². The Bertz CT molecular complexity index is 697. The zero-order chi connectivity index (χ0) is 19.6. The normalized spacial score (nSPS) is 20.3. The molecule has 0 N–H and O–H groups in total. The fourth-order valence-corrected chi connectivity index (χ4v) is 3.72. The van der Waals surface area contributed by atoms with Gasteiger partial charge < -0.3 is 14.5 Å². The van der Waals surface area contributed by atoms with E-state index in [0.717, 1.165) is 31.2 Å². The molecular formula is C21H29ClN2O3. The van der Waals surface area contributed by atoms with Gasteiger partial charge in [-0.15, -0.1) is 0 Å². The number of amides is 2. The zero-order valence-electron chi connectivity index (χ0n) is 16.4. The van der Waals surface area contributed by atoms with Gasteiger partial charge in [-0.05, 0) is 64.2 Å². The molecule has 1 aliphatic carbocycles. The molecule has 6 heteroatoms. The number of ether oxygens (including phenoxy) is 1. The van der Waals surface area contributed by atoms with Crippen LogP contribution in [0.4, 0.5) is 4.79 Å². The van der Waals surface area contributed by atoms with Gasteiger partial charge in [-0.3, -0.25) is 4.79 Å². The first-order valence-corrected chi connectivity index (χ1v) is 10.1. The van der Waals surface area contributed by atoms with E-state index in [9.17, 15) is 9.59 Å². The van der Waals surface area contributed by atoms with Crippen LogP contribution in [0.25, 0.3) is 0 Å². The SMILES string of the molecule is CC(C)(C)OC(=O)N1CCCC(C(=O)N(Cc2cccc(Cl)c2)C2CC2)C1. The molecule has 0 bridgehead atoms. The number of rotatable bonds is 4. The summed E-state index contributed by atoms with van der Waals surface area (Å²) in [6, 6.07) is 7.99. The van der Waals surface area contributed by atoms with E-state index in [4.69, 9.17) is 16.3 Å². The minimum Gasteiger partial charge on any atom is -0.444 e. The highest BCUT2D eigenvalue weighted by Gasteiger charge is 2.38. The lowest BCUT2D eigenvalue weighted by Gasteiger charge is -2.36. The molecule has 2 fully saturated rings. The van der Waals surface area contributed by atoms with Gasteiger partial charge in [0, 0.05) is 30.7 Å². The molecule has 1 aromatic rings. The topological polar surface area (TPSA) is 49.9 Å². The Hall–Kier alpha value is -1.75. The van der Waals surface area contributed by atoms with Gasteiger partial charge in [-0.1, -0.05) is 23.7 Å². The number of nitrogens with zero attached hydrogens (tertiary/aromatic N) is 2. The standard InChI is InChI=1S/C21H29ClN2O3/c1-21(2,3)27-20(26)23-11-5-7-16(14-23)19(25)24(18-9-10-18)13-15-6-4-8-17(22)12-15/h4,6,8,12,16,18H,5,7,9-11,13-14H2,1-3H3. The largest absolute Gasteiger partial charge is 0.444 e. The summed E-state index contributed by atoms with van der Waals surface area (Å²) in [5, 5.41) is 0.685. The average Bonchev–Trinajstić information content (AvgIpc) is 3.43. The van der Waals surface area contributed by atoms with Crippen LogP contribution >= 0.6 is 11.6 Å². The van der Waals surface area contributed by atoms with E-state index in [2.05, 4.69) is 0 Å². The van der Waals surface area contributed by atoms with Crippen molar-refractivity contribution in [3.63, 3.8) is 0 Å². The van der Waals surface area contributed by atoms with Gasteiger partial charge in [0.15, 0.2) is 0 Å². The van der Waals surface area contributed by atoms with E-state index < -0.39 is 5.60 Å². The van der Waals surface area contributed by atoms with Crippen molar-refractivity contribution in [1.82, 2.24) is 9.80 Å². The number of hydrogen-bond acceptors (Lipinski definition) is 3. The van der Waals surface area contributed by atoms with Crippen LogP contribution in [0.2, 0.25) is 5.02 Å². The molecule has 1 atom stereocenters. The molecule has 0 aromatic heterocycles. The maximum Gasteiger partial charge on any atom is 0.410 e. The quantitative estimate of drug-likeness (QED) is 0.759. The van der Waals surface area contributed by atoms with Gasteiger partial charge in [-0.2, -0.15) is 0 Å². The Morgan fingerprint density at radius 2 is 2.00 bits per heavy atom. The van der Waals surface area contributed by atoms with Crippen molar-refractivity contribution in [1.29, 1.82) is 0 Å². The predicted octanol–water partition coefficient (Wildman–Crippen LogP) is 4.48. The number of carbonyl (C=O) groups excluding carboxylic acids is 2. The summed E-state index contributed by atoms with van der Waals surface area (Å²) >= 11 is 6.10. The molecule has 3 rings (SSSR count). The van der Waals surface area contributed by atoms with Crippen LogP contribution in [0.15, 0.2) is 24.3 Å². The predicted molar refractivity (Wildman–Crippen MR) is 106 cm³/mol. The van der Waals surface area contributed by atoms with E-state index in [1.165, 1.54) is 0 Å². The highest BCUT2D eigenvalue weighted by Crippen LogP contribution is 2.32. The van der Waals surface area contributed by atoms with E-state index in [-0.39, 0.29) is 17.9 Å². The molecule has 1 aliphatic heterocycles. The molecule has 1 saturated carbocycles. The molecule has 0 spiro atoms. The maximum absolute atomic E-state index is 13.2. The van der Waals surface area contributed by atoms with Crippen molar-refractivity contribution >= 4 is 23.6 Å². The molecule has 1 saturated heterocycles. The van der Waals surface area contributed by atoms with E-state index in [0.29, 0.717) is 30.7 Å². The van der Waals surface area contributed by atoms with Gasteiger partial charge in [0.05, 0.1) is 5.92 Å². The monoisotopic (exact) mass is 392 g/mol. The molecular weight excluding hydrogens is 364 g/mol. The van der Waals surface area contributed by atoms with Crippen LogP contribution in [-0.2, 0) is 16.1 Å². The lowest BCUT2D eigenvalue weighted by molar-refractivity contribution is -0.138. The second-order valence-corrected chi connectivity index (χ2v) is 9.03. The zero-order valence-corrected chi connectivity index (χ0v) is 17.2. The Morgan fingerprint density at radius 3 is 2.63 bits per heavy atom. The van der Waals surface area contributed by atoms with Crippen LogP contribution in [0.3, 0.4) is 0 Å². The third-order valence-corrected chi connectivity index (χ3v) is 5.17. The molecule has 27 heavy (non-hydrogen) atoms. The number of benzene rings is 1. The number of hydrogen-bond donors (Lipinski definition) is 0. The van der Waals surface area contributed by atoms with E-state index >= 15 is 0 Å². The smallest absolute Gasteiger partial charge is 0.410 e. The van der Waals surface area contributed by atoms with Gasteiger partial charge in [0.25, 0.3) is 0 Å². The van der Waals surface area contributed by atoms with Gasteiger partial charge in [0.2, 0.25) is 5.91 Å². The van der Waals surface area contributed by atoms with Crippen molar-refractivity contribution in [2.24, 2.45) is 5.92 Å². The van der Waals surface area contributed by atoms with Crippen molar-refractivity contribution in [3.05, 3.63) is 34.9 Å². The lowest BCUT2D eigenvalue weighted by atomic mass is 9.96. The first-order valence-electron chi connectivity index (χ1n) is 9.76. The van der Waals surface area contributed by atoms with Gasteiger partial charge in [-0.25, -0.2) is 4.79 Å². The Labute approximate surface area is 166 Å². The third kappa shape index (κ3) is 5.61. The fourth-order valence-electron chi connectivity index (χ4n) is 3.51. The Morgan fingerprint density at radius 1 is 1.26 bits per heavy atom. The molecule has 5 nitrogen and oxygen atoms in total. The van der Waals surface area contributed by atoms with E-state index in [1.807, 2.05) is 49.9 Å². The summed E-state index contributed by atoms with van der Waals surface area (Å²) in [5.74, 6) is -0.0169.